The van der Waals surface area contributed by atoms with E-state index in [2.05, 4.69) is 27.2 Å². The number of nitrogen functional groups attached to an aromatic ring is 1. The number of pyridine rings is 1. The topological polar surface area (TPSA) is 86.0 Å². The van der Waals surface area contributed by atoms with Gasteiger partial charge in [-0.05, 0) is 48.7 Å². The van der Waals surface area contributed by atoms with Gasteiger partial charge in [0, 0.05) is 6.20 Å². The maximum Gasteiger partial charge on any atom is 0.248 e. The molecule has 2 heterocycles. The van der Waals surface area contributed by atoms with Gasteiger partial charge in [0.25, 0.3) is 0 Å². The predicted molar refractivity (Wildman–Crippen MR) is 94.6 cm³/mol. The Hall–Kier alpha value is -3.15. The summed E-state index contributed by atoms with van der Waals surface area (Å²) in [5.41, 5.74) is 8.80. The van der Waals surface area contributed by atoms with Gasteiger partial charge < -0.3 is 15.8 Å². The molecule has 0 unspecified atom stereocenters. The molecule has 0 saturated heterocycles. The number of hydrogen-bond donors (Lipinski definition) is 2. The summed E-state index contributed by atoms with van der Waals surface area (Å²) in [7, 11) is 0. The van der Waals surface area contributed by atoms with Crippen LogP contribution in [0.4, 0.5) is 17.3 Å². The number of anilines is 3. The van der Waals surface area contributed by atoms with E-state index >= 15 is 0 Å². The number of benzene rings is 1. The third-order valence-corrected chi connectivity index (χ3v) is 3.56. The molecule has 122 valence electrons. The number of nitrogens with two attached hydrogens (primary N) is 1. The fourth-order valence-corrected chi connectivity index (χ4v) is 2.19. The van der Waals surface area contributed by atoms with Gasteiger partial charge in [0.1, 0.15) is 23.6 Å². The van der Waals surface area contributed by atoms with Crippen LogP contribution in [0.2, 0.25) is 0 Å². The standard InChI is InChI=1S/C18H19N5O/c1-3-13-4-6-14(7-5-13)24-18-16(19)17(21-11-22-18)23-15-10-12(2)8-9-20-15/h4-11H,3,19H2,1-2H3,(H,20,21,22,23). The van der Waals surface area contributed by atoms with Crippen LogP contribution in [0.25, 0.3) is 0 Å². The third-order valence-electron chi connectivity index (χ3n) is 3.56. The fourth-order valence-electron chi connectivity index (χ4n) is 2.19. The second kappa shape index (κ2) is 6.95. The molecule has 3 aromatic rings. The van der Waals surface area contributed by atoms with Crippen molar-refractivity contribution in [3.63, 3.8) is 0 Å². The minimum absolute atomic E-state index is 0.310. The molecule has 0 spiro atoms. The van der Waals surface area contributed by atoms with Gasteiger partial charge in [0.2, 0.25) is 5.88 Å². The first kappa shape index (κ1) is 15.7. The van der Waals surface area contributed by atoms with Crippen molar-refractivity contribution in [1.29, 1.82) is 0 Å². The normalized spacial score (nSPS) is 10.4. The van der Waals surface area contributed by atoms with E-state index in [0.717, 1.165) is 12.0 Å². The van der Waals surface area contributed by atoms with Gasteiger partial charge >= 0.3 is 0 Å². The lowest BCUT2D eigenvalue weighted by molar-refractivity contribution is 0.464. The summed E-state index contributed by atoms with van der Waals surface area (Å²) in [4.78, 5) is 12.5. The quantitative estimate of drug-likeness (QED) is 0.742. The molecule has 6 heteroatoms. The lowest BCUT2D eigenvalue weighted by Crippen LogP contribution is -2.04. The highest BCUT2D eigenvalue weighted by molar-refractivity contribution is 5.71. The zero-order chi connectivity index (χ0) is 16.9. The number of rotatable bonds is 5. The fraction of sp³-hybridized carbons (Fsp3) is 0.167. The highest BCUT2D eigenvalue weighted by Gasteiger charge is 2.11. The molecule has 0 aliphatic rings. The van der Waals surface area contributed by atoms with E-state index in [-0.39, 0.29) is 0 Å². The van der Waals surface area contributed by atoms with Gasteiger partial charge in [-0.15, -0.1) is 0 Å². The highest BCUT2D eigenvalue weighted by atomic mass is 16.5. The van der Waals surface area contributed by atoms with E-state index in [1.54, 1.807) is 6.20 Å². The van der Waals surface area contributed by atoms with Crippen molar-refractivity contribution < 1.29 is 4.74 Å². The van der Waals surface area contributed by atoms with Crippen molar-refractivity contribution in [3.05, 3.63) is 60.0 Å². The highest BCUT2D eigenvalue weighted by Crippen LogP contribution is 2.30. The van der Waals surface area contributed by atoms with Crippen LogP contribution in [-0.2, 0) is 6.42 Å². The molecule has 6 nitrogen and oxygen atoms in total. The summed E-state index contributed by atoms with van der Waals surface area (Å²) in [5.74, 6) is 2.11. The first-order valence-corrected chi connectivity index (χ1v) is 7.72. The number of nitrogens with zero attached hydrogens (tertiary/aromatic N) is 3. The number of ether oxygens (including phenoxy) is 1. The SMILES string of the molecule is CCc1ccc(Oc2ncnc(Nc3cc(C)ccn3)c2N)cc1. The van der Waals surface area contributed by atoms with Crippen LogP contribution in [0.1, 0.15) is 18.1 Å². The number of nitrogens with one attached hydrogen (secondary N) is 1. The molecule has 0 saturated carbocycles. The number of aryl methyl sites for hydroxylation is 2. The van der Waals surface area contributed by atoms with Gasteiger partial charge in [0.15, 0.2) is 5.82 Å². The molecule has 2 aromatic heterocycles. The Kier molecular flexibility index (Phi) is 4.56. The molecular formula is C18H19N5O. The molecular weight excluding hydrogens is 302 g/mol. The lowest BCUT2D eigenvalue weighted by atomic mass is 10.2. The molecule has 3 rings (SSSR count). The van der Waals surface area contributed by atoms with Crippen molar-refractivity contribution in [2.45, 2.75) is 20.3 Å². The van der Waals surface area contributed by atoms with E-state index in [1.165, 1.54) is 11.9 Å². The van der Waals surface area contributed by atoms with E-state index < -0.39 is 0 Å². The summed E-state index contributed by atoms with van der Waals surface area (Å²) in [5, 5.41) is 3.09. The van der Waals surface area contributed by atoms with Crippen molar-refractivity contribution in [2.24, 2.45) is 0 Å². The molecule has 0 fully saturated rings. The zero-order valence-corrected chi connectivity index (χ0v) is 13.7. The van der Waals surface area contributed by atoms with E-state index in [4.69, 9.17) is 10.5 Å². The van der Waals surface area contributed by atoms with Crippen LogP contribution in [0.3, 0.4) is 0 Å². The Labute approximate surface area is 140 Å². The lowest BCUT2D eigenvalue weighted by Gasteiger charge is -2.11. The van der Waals surface area contributed by atoms with Gasteiger partial charge in [-0.3, -0.25) is 0 Å². The van der Waals surface area contributed by atoms with Crippen molar-refractivity contribution in [2.75, 3.05) is 11.1 Å². The van der Waals surface area contributed by atoms with Gasteiger partial charge in [0.05, 0.1) is 0 Å². The smallest absolute Gasteiger partial charge is 0.248 e. The summed E-state index contributed by atoms with van der Waals surface area (Å²) in [6.07, 6.45) is 4.11. The van der Waals surface area contributed by atoms with Gasteiger partial charge in [-0.2, -0.15) is 4.98 Å². The Balaban J connectivity index is 1.82. The Morgan fingerprint density at radius 1 is 1.08 bits per heavy atom. The predicted octanol–water partition coefficient (Wildman–Crippen LogP) is 3.86. The maximum atomic E-state index is 6.13. The monoisotopic (exact) mass is 321 g/mol. The second-order valence-electron chi connectivity index (χ2n) is 5.38. The molecule has 0 atom stereocenters. The van der Waals surface area contributed by atoms with E-state index in [0.29, 0.717) is 29.0 Å². The van der Waals surface area contributed by atoms with Crippen molar-refractivity contribution in [3.8, 4) is 11.6 Å². The van der Waals surface area contributed by atoms with Crippen LogP contribution >= 0.6 is 0 Å². The molecule has 0 radical (unpaired) electrons. The maximum absolute atomic E-state index is 6.13. The summed E-state index contributed by atoms with van der Waals surface area (Å²) >= 11 is 0. The van der Waals surface area contributed by atoms with Gasteiger partial charge in [-0.25, -0.2) is 9.97 Å². The van der Waals surface area contributed by atoms with Crippen molar-refractivity contribution >= 4 is 17.3 Å². The molecule has 24 heavy (non-hydrogen) atoms. The Bertz CT molecular complexity index is 833. The first-order chi connectivity index (χ1) is 11.7. The first-order valence-electron chi connectivity index (χ1n) is 7.72. The molecule has 3 N–H and O–H groups in total. The zero-order valence-electron chi connectivity index (χ0n) is 13.7. The summed E-state index contributed by atoms with van der Waals surface area (Å²) in [6.45, 7) is 4.10. The van der Waals surface area contributed by atoms with Crippen LogP contribution in [0.15, 0.2) is 48.9 Å². The molecule has 0 aliphatic heterocycles. The van der Waals surface area contributed by atoms with Crippen LogP contribution < -0.4 is 15.8 Å². The largest absolute Gasteiger partial charge is 0.437 e. The molecule has 0 aliphatic carbocycles. The minimum atomic E-state index is 0.310. The van der Waals surface area contributed by atoms with Crippen LogP contribution in [0, 0.1) is 6.92 Å². The van der Waals surface area contributed by atoms with E-state index in [1.807, 2.05) is 43.3 Å². The minimum Gasteiger partial charge on any atom is -0.437 e. The number of aromatic nitrogens is 3. The molecule has 0 bridgehead atoms. The van der Waals surface area contributed by atoms with Gasteiger partial charge in [-0.1, -0.05) is 19.1 Å². The van der Waals surface area contributed by atoms with E-state index in [9.17, 15) is 0 Å². The van der Waals surface area contributed by atoms with Crippen LogP contribution in [-0.4, -0.2) is 15.0 Å². The summed E-state index contributed by atoms with van der Waals surface area (Å²) < 4.78 is 5.77. The molecule has 0 amide bonds. The summed E-state index contributed by atoms with van der Waals surface area (Å²) in [6, 6.07) is 11.7. The van der Waals surface area contributed by atoms with Crippen LogP contribution in [0.5, 0.6) is 11.6 Å². The third kappa shape index (κ3) is 3.60. The Morgan fingerprint density at radius 2 is 1.88 bits per heavy atom. The average molecular weight is 321 g/mol. The Morgan fingerprint density at radius 3 is 2.58 bits per heavy atom. The van der Waals surface area contributed by atoms with Crippen molar-refractivity contribution in [1.82, 2.24) is 15.0 Å². The molecule has 1 aromatic carbocycles. The number of hydrogen-bond acceptors (Lipinski definition) is 6. The second-order valence-corrected chi connectivity index (χ2v) is 5.38. The average Bonchev–Trinajstić information content (AvgIpc) is 2.59.